The summed E-state index contributed by atoms with van der Waals surface area (Å²) in [5.74, 6) is 0.875. The van der Waals surface area contributed by atoms with Crippen molar-refractivity contribution in [2.24, 2.45) is 0 Å². The Balaban J connectivity index is 2.14. The molecule has 1 heterocycles. The zero-order chi connectivity index (χ0) is 13.0. The highest BCUT2D eigenvalue weighted by molar-refractivity contribution is 8.00. The fourth-order valence-electron chi connectivity index (χ4n) is 1.92. The van der Waals surface area contributed by atoms with Crippen LogP contribution in [0.15, 0.2) is 23.1 Å². The van der Waals surface area contributed by atoms with E-state index >= 15 is 0 Å². The fraction of sp³-hybridized carbons (Fsp3) is 0.462. The highest BCUT2D eigenvalue weighted by Crippen LogP contribution is 2.34. The molecule has 1 aromatic carbocycles. The third-order valence-electron chi connectivity index (χ3n) is 2.97. The van der Waals surface area contributed by atoms with Gasteiger partial charge in [-0.25, -0.2) is 0 Å². The van der Waals surface area contributed by atoms with Crippen LogP contribution in [0.4, 0.5) is 5.69 Å². The predicted molar refractivity (Wildman–Crippen MR) is 73.9 cm³/mol. The first kappa shape index (κ1) is 13.1. The van der Waals surface area contributed by atoms with Crippen LogP contribution in [0.1, 0.15) is 19.3 Å². The van der Waals surface area contributed by atoms with Crippen LogP contribution in [0, 0.1) is 0 Å². The van der Waals surface area contributed by atoms with E-state index in [9.17, 15) is 4.79 Å². The average molecular weight is 266 g/mol. The highest BCUT2D eigenvalue weighted by Gasteiger charge is 2.22. The number of ether oxygens (including phenoxy) is 1. The van der Waals surface area contributed by atoms with Crippen LogP contribution in [0.25, 0.3) is 0 Å². The Morgan fingerprint density at radius 1 is 1.44 bits per heavy atom. The Morgan fingerprint density at radius 3 is 3.06 bits per heavy atom. The van der Waals surface area contributed by atoms with E-state index in [1.807, 2.05) is 18.2 Å². The molecular formula is C13H18N2O2S. The molecule has 1 amide bonds. The minimum absolute atomic E-state index is 0.0538. The number of thioether (sulfide) groups is 1. The molecule has 1 atom stereocenters. The summed E-state index contributed by atoms with van der Waals surface area (Å²) in [6.45, 7) is 0.781. The lowest BCUT2D eigenvalue weighted by Gasteiger charge is -2.14. The maximum Gasteiger partial charge on any atom is 0.233 e. The Hall–Kier alpha value is -1.36. The van der Waals surface area contributed by atoms with Crippen molar-refractivity contribution in [3.8, 4) is 5.75 Å². The van der Waals surface area contributed by atoms with Gasteiger partial charge in [0.05, 0.1) is 12.4 Å². The number of methoxy groups -OCH3 is 1. The van der Waals surface area contributed by atoms with E-state index in [-0.39, 0.29) is 11.2 Å². The predicted octanol–water partition coefficient (Wildman–Crippen LogP) is 2.04. The molecule has 1 aliphatic heterocycles. The molecule has 1 unspecified atom stereocenters. The van der Waals surface area contributed by atoms with Gasteiger partial charge in [-0.05, 0) is 31.0 Å². The van der Waals surface area contributed by atoms with E-state index in [0.717, 1.165) is 36.5 Å². The van der Waals surface area contributed by atoms with Crippen LogP contribution in [0.3, 0.4) is 0 Å². The summed E-state index contributed by atoms with van der Waals surface area (Å²) in [5, 5.41) is 2.88. The Morgan fingerprint density at radius 2 is 2.28 bits per heavy atom. The second-order valence-corrected chi connectivity index (χ2v) is 5.54. The van der Waals surface area contributed by atoms with Gasteiger partial charge in [0.15, 0.2) is 0 Å². The first-order valence-electron chi connectivity index (χ1n) is 6.08. The van der Waals surface area contributed by atoms with Crippen LogP contribution in [0.2, 0.25) is 0 Å². The molecule has 2 rings (SSSR count). The lowest BCUT2D eigenvalue weighted by Crippen LogP contribution is -2.30. The van der Waals surface area contributed by atoms with Gasteiger partial charge < -0.3 is 15.8 Å². The maximum atomic E-state index is 11.9. The number of anilines is 1. The molecule has 5 heteroatoms. The normalized spacial score (nSPS) is 20.1. The second-order valence-electron chi connectivity index (χ2n) is 4.30. The van der Waals surface area contributed by atoms with Gasteiger partial charge in [-0.1, -0.05) is 6.42 Å². The summed E-state index contributed by atoms with van der Waals surface area (Å²) in [4.78, 5) is 12.8. The van der Waals surface area contributed by atoms with E-state index in [1.165, 1.54) is 11.8 Å². The molecule has 98 valence electrons. The zero-order valence-corrected chi connectivity index (χ0v) is 11.3. The molecule has 0 radical (unpaired) electrons. The monoisotopic (exact) mass is 266 g/mol. The third-order valence-corrected chi connectivity index (χ3v) is 4.32. The number of amides is 1. The molecule has 0 aromatic heterocycles. The summed E-state index contributed by atoms with van der Waals surface area (Å²) in [5.41, 5.74) is 6.63. The number of carbonyl (C=O) groups excluding carboxylic acids is 1. The van der Waals surface area contributed by atoms with Gasteiger partial charge in [0.2, 0.25) is 5.91 Å². The van der Waals surface area contributed by atoms with Crippen molar-refractivity contribution < 1.29 is 9.53 Å². The number of nitrogens with one attached hydrogen (secondary N) is 1. The number of hydrogen-bond acceptors (Lipinski definition) is 4. The number of nitrogens with two attached hydrogens (primary N) is 1. The van der Waals surface area contributed by atoms with Crippen molar-refractivity contribution in [1.29, 1.82) is 0 Å². The number of benzene rings is 1. The smallest absolute Gasteiger partial charge is 0.233 e. The molecule has 1 saturated heterocycles. The van der Waals surface area contributed by atoms with Crippen LogP contribution in [-0.2, 0) is 4.79 Å². The topological polar surface area (TPSA) is 64.3 Å². The molecule has 0 spiro atoms. The van der Waals surface area contributed by atoms with Crippen LogP contribution >= 0.6 is 11.8 Å². The molecular weight excluding hydrogens is 248 g/mol. The average Bonchev–Trinajstić information content (AvgIpc) is 2.58. The van der Waals surface area contributed by atoms with E-state index in [4.69, 9.17) is 10.5 Å². The van der Waals surface area contributed by atoms with Crippen LogP contribution in [0.5, 0.6) is 5.75 Å². The minimum atomic E-state index is -0.0538. The Bertz CT molecular complexity index is 437. The van der Waals surface area contributed by atoms with Crippen LogP contribution < -0.4 is 15.8 Å². The van der Waals surface area contributed by atoms with Gasteiger partial charge in [-0.2, -0.15) is 0 Å². The lowest BCUT2D eigenvalue weighted by molar-refractivity contribution is -0.120. The maximum absolute atomic E-state index is 11.9. The standard InChI is InChI=1S/C13H18N2O2S/c1-17-9-5-6-10(14)12(8-9)18-11-4-2-3-7-15-13(11)16/h5-6,8,11H,2-4,7,14H2,1H3,(H,15,16). The Labute approximate surface area is 111 Å². The number of carbonyl (C=O) groups is 1. The van der Waals surface area contributed by atoms with Crippen molar-refractivity contribution in [2.75, 3.05) is 19.4 Å². The van der Waals surface area contributed by atoms with E-state index < -0.39 is 0 Å². The SMILES string of the molecule is COc1ccc(N)c(SC2CCCCNC2=O)c1. The van der Waals surface area contributed by atoms with Crippen molar-refractivity contribution >= 4 is 23.4 Å². The van der Waals surface area contributed by atoms with Crippen molar-refractivity contribution in [3.05, 3.63) is 18.2 Å². The molecule has 3 N–H and O–H groups in total. The second kappa shape index (κ2) is 6.00. The molecule has 1 aliphatic rings. The lowest BCUT2D eigenvalue weighted by atomic mass is 10.2. The molecule has 0 saturated carbocycles. The summed E-state index contributed by atoms with van der Waals surface area (Å²) in [7, 11) is 1.62. The zero-order valence-electron chi connectivity index (χ0n) is 10.4. The van der Waals surface area contributed by atoms with Crippen molar-refractivity contribution in [2.45, 2.75) is 29.4 Å². The number of nitrogen functional groups attached to an aromatic ring is 1. The van der Waals surface area contributed by atoms with E-state index in [2.05, 4.69) is 5.32 Å². The van der Waals surface area contributed by atoms with E-state index in [1.54, 1.807) is 7.11 Å². The van der Waals surface area contributed by atoms with Gasteiger partial charge in [-0.3, -0.25) is 4.79 Å². The molecule has 1 fully saturated rings. The van der Waals surface area contributed by atoms with Gasteiger partial charge >= 0.3 is 0 Å². The quantitative estimate of drug-likeness (QED) is 0.822. The van der Waals surface area contributed by atoms with Gasteiger partial charge in [0, 0.05) is 17.1 Å². The first-order chi connectivity index (χ1) is 8.70. The molecule has 18 heavy (non-hydrogen) atoms. The van der Waals surface area contributed by atoms with Crippen molar-refractivity contribution in [3.63, 3.8) is 0 Å². The largest absolute Gasteiger partial charge is 0.497 e. The van der Waals surface area contributed by atoms with Crippen LogP contribution in [-0.4, -0.2) is 24.8 Å². The Kier molecular flexibility index (Phi) is 4.36. The summed E-state index contributed by atoms with van der Waals surface area (Å²) >= 11 is 1.53. The van der Waals surface area contributed by atoms with Gasteiger partial charge in [0.1, 0.15) is 5.75 Å². The summed E-state index contributed by atoms with van der Waals surface area (Å²) in [6.07, 6.45) is 3.02. The van der Waals surface area contributed by atoms with Gasteiger partial charge in [-0.15, -0.1) is 11.8 Å². The molecule has 0 bridgehead atoms. The third kappa shape index (κ3) is 3.10. The highest BCUT2D eigenvalue weighted by atomic mass is 32.2. The molecule has 4 nitrogen and oxygen atoms in total. The summed E-state index contributed by atoms with van der Waals surface area (Å²) < 4.78 is 5.18. The molecule has 0 aliphatic carbocycles. The van der Waals surface area contributed by atoms with Crippen molar-refractivity contribution in [1.82, 2.24) is 5.32 Å². The first-order valence-corrected chi connectivity index (χ1v) is 6.96. The number of hydrogen-bond donors (Lipinski definition) is 2. The fourth-order valence-corrected chi connectivity index (χ4v) is 3.09. The number of rotatable bonds is 3. The minimum Gasteiger partial charge on any atom is -0.497 e. The van der Waals surface area contributed by atoms with Gasteiger partial charge in [0.25, 0.3) is 0 Å². The molecule has 1 aromatic rings. The van der Waals surface area contributed by atoms with E-state index in [0.29, 0.717) is 5.69 Å². The summed E-state index contributed by atoms with van der Waals surface area (Å²) in [6, 6.07) is 5.53.